The van der Waals surface area contributed by atoms with Crippen molar-refractivity contribution in [2.24, 2.45) is 0 Å². The van der Waals surface area contributed by atoms with Crippen molar-refractivity contribution >= 4 is 58.0 Å². The Kier molecular flexibility index (Phi) is 7.26. The lowest BCUT2D eigenvalue weighted by atomic mass is 10.2. The van der Waals surface area contributed by atoms with Crippen molar-refractivity contribution in [3.05, 3.63) is 62.1 Å². The lowest BCUT2D eigenvalue weighted by molar-refractivity contribution is -0.117. The Labute approximate surface area is 178 Å². The molecule has 1 aliphatic rings. The number of carbonyl (C=O) groups excluding carboxylic acids is 1. The second kappa shape index (κ2) is 9.46. The summed E-state index contributed by atoms with van der Waals surface area (Å²) in [5, 5.41) is 5.13. The number of hydrogen-bond donors (Lipinski definition) is 1. The summed E-state index contributed by atoms with van der Waals surface area (Å²) >= 11 is 24.2. The van der Waals surface area contributed by atoms with E-state index in [-0.39, 0.29) is 5.91 Å². The minimum absolute atomic E-state index is 0.0894. The molecule has 0 aliphatic carbocycles. The lowest BCUT2D eigenvalue weighted by Crippen LogP contribution is -2.48. The molecule has 27 heavy (non-hydrogen) atoms. The van der Waals surface area contributed by atoms with Gasteiger partial charge in [-0.3, -0.25) is 14.6 Å². The highest BCUT2D eigenvalue weighted by Gasteiger charge is 2.20. The number of piperazine rings is 1. The highest BCUT2D eigenvalue weighted by atomic mass is 35.5. The summed E-state index contributed by atoms with van der Waals surface area (Å²) in [4.78, 5) is 16.7. The fraction of sp³-hybridized carbons (Fsp3) is 0.316. The van der Waals surface area contributed by atoms with E-state index in [0.29, 0.717) is 32.3 Å². The van der Waals surface area contributed by atoms with Gasteiger partial charge in [0.15, 0.2) is 0 Å². The van der Waals surface area contributed by atoms with Gasteiger partial charge in [-0.25, -0.2) is 0 Å². The summed E-state index contributed by atoms with van der Waals surface area (Å²) in [6, 6.07) is 10.6. The molecule has 1 heterocycles. The molecule has 2 aromatic rings. The number of hydrogen-bond acceptors (Lipinski definition) is 3. The summed E-state index contributed by atoms with van der Waals surface area (Å²) in [6.45, 7) is 4.47. The van der Waals surface area contributed by atoms with Gasteiger partial charge in [0.25, 0.3) is 0 Å². The van der Waals surface area contributed by atoms with Crippen LogP contribution in [0, 0.1) is 0 Å². The largest absolute Gasteiger partial charge is 0.324 e. The van der Waals surface area contributed by atoms with E-state index in [4.69, 9.17) is 46.4 Å². The van der Waals surface area contributed by atoms with Crippen molar-refractivity contribution in [1.29, 1.82) is 0 Å². The number of carbonyl (C=O) groups is 1. The van der Waals surface area contributed by atoms with Crippen LogP contribution in [-0.2, 0) is 11.3 Å². The highest BCUT2D eigenvalue weighted by Crippen LogP contribution is 2.25. The molecule has 0 radical (unpaired) electrons. The smallest absolute Gasteiger partial charge is 0.238 e. The van der Waals surface area contributed by atoms with Crippen LogP contribution in [0.25, 0.3) is 0 Å². The fourth-order valence-electron chi connectivity index (χ4n) is 2.98. The molecule has 144 valence electrons. The summed E-state index contributed by atoms with van der Waals surface area (Å²) in [7, 11) is 0. The Bertz CT molecular complexity index is 823. The van der Waals surface area contributed by atoms with Crippen molar-refractivity contribution < 1.29 is 4.79 Å². The third kappa shape index (κ3) is 5.98. The minimum atomic E-state index is -0.0894. The molecule has 0 bridgehead atoms. The predicted octanol–water partition coefficient (Wildman–Crippen LogP) is 5.06. The average molecular weight is 447 g/mol. The quantitative estimate of drug-likeness (QED) is 0.697. The molecular formula is C19H19Cl4N3O. The first-order valence-electron chi connectivity index (χ1n) is 8.54. The Balaban J connectivity index is 1.47. The van der Waals surface area contributed by atoms with Crippen LogP contribution in [0.4, 0.5) is 5.69 Å². The maximum atomic E-state index is 12.3. The molecule has 8 heteroatoms. The standard InChI is InChI=1S/C19H19Cl4N3O/c20-14-2-1-13(16(22)9-14)11-25-5-7-26(8-6-25)12-19(27)24-18-4-3-15(21)10-17(18)23/h1-4,9-10H,5-8,11-12H2,(H,24,27). The van der Waals surface area contributed by atoms with Crippen LogP contribution < -0.4 is 5.32 Å². The summed E-state index contributed by atoms with van der Waals surface area (Å²) < 4.78 is 0. The van der Waals surface area contributed by atoms with Gasteiger partial charge in [-0.15, -0.1) is 0 Å². The second-order valence-corrected chi connectivity index (χ2v) is 8.15. The maximum absolute atomic E-state index is 12.3. The Morgan fingerprint density at radius 2 is 1.44 bits per heavy atom. The molecule has 1 aliphatic heterocycles. The van der Waals surface area contributed by atoms with Gasteiger partial charge in [0.1, 0.15) is 0 Å². The van der Waals surface area contributed by atoms with Crippen molar-refractivity contribution in [1.82, 2.24) is 9.80 Å². The van der Waals surface area contributed by atoms with E-state index in [0.717, 1.165) is 38.3 Å². The summed E-state index contributed by atoms with van der Waals surface area (Å²) in [6.07, 6.45) is 0. The van der Waals surface area contributed by atoms with E-state index >= 15 is 0 Å². The molecule has 3 rings (SSSR count). The molecule has 0 saturated carbocycles. The van der Waals surface area contributed by atoms with Gasteiger partial charge in [0, 0.05) is 47.8 Å². The molecule has 1 fully saturated rings. The summed E-state index contributed by atoms with van der Waals surface area (Å²) in [5.74, 6) is -0.0894. The number of anilines is 1. The second-order valence-electron chi connectivity index (χ2n) is 6.46. The molecule has 1 saturated heterocycles. The number of nitrogens with zero attached hydrogens (tertiary/aromatic N) is 2. The third-order valence-electron chi connectivity index (χ3n) is 4.45. The van der Waals surface area contributed by atoms with Crippen molar-refractivity contribution in [2.75, 3.05) is 38.0 Å². The van der Waals surface area contributed by atoms with Crippen LogP contribution >= 0.6 is 46.4 Å². The number of nitrogens with one attached hydrogen (secondary N) is 1. The van der Waals surface area contributed by atoms with Gasteiger partial charge in [0.2, 0.25) is 5.91 Å². The minimum Gasteiger partial charge on any atom is -0.324 e. The van der Waals surface area contributed by atoms with Gasteiger partial charge >= 0.3 is 0 Å². The van der Waals surface area contributed by atoms with E-state index in [1.807, 2.05) is 12.1 Å². The highest BCUT2D eigenvalue weighted by molar-refractivity contribution is 6.36. The van der Waals surface area contributed by atoms with Crippen LogP contribution in [-0.4, -0.2) is 48.4 Å². The van der Waals surface area contributed by atoms with Crippen LogP contribution in [0.5, 0.6) is 0 Å². The van der Waals surface area contributed by atoms with Crippen molar-refractivity contribution in [3.8, 4) is 0 Å². The first kappa shape index (κ1) is 20.7. The van der Waals surface area contributed by atoms with Crippen LogP contribution in [0.2, 0.25) is 20.1 Å². The molecule has 0 aromatic heterocycles. The molecule has 1 amide bonds. The summed E-state index contributed by atoms with van der Waals surface area (Å²) in [5.41, 5.74) is 1.63. The van der Waals surface area contributed by atoms with Gasteiger partial charge in [-0.1, -0.05) is 52.5 Å². The predicted molar refractivity (Wildman–Crippen MR) is 113 cm³/mol. The SMILES string of the molecule is O=C(CN1CCN(Cc2ccc(Cl)cc2Cl)CC1)Nc1ccc(Cl)cc1Cl. The Hall–Kier alpha value is -1.01. The molecule has 0 atom stereocenters. The molecular weight excluding hydrogens is 428 g/mol. The Morgan fingerprint density at radius 3 is 2.07 bits per heavy atom. The lowest BCUT2D eigenvalue weighted by Gasteiger charge is -2.34. The zero-order valence-electron chi connectivity index (χ0n) is 14.5. The molecule has 2 aromatic carbocycles. The van der Waals surface area contributed by atoms with E-state index in [2.05, 4.69) is 15.1 Å². The molecule has 0 spiro atoms. The van der Waals surface area contributed by atoms with E-state index in [1.54, 1.807) is 24.3 Å². The number of halogens is 4. The number of rotatable bonds is 5. The zero-order valence-corrected chi connectivity index (χ0v) is 17.5. The van der Waals surface area contributed by atoms with Crippen LogP contribution in [0.15, 0.2) is 36.4 Å². The average Bonchev–Trinajstić information content (AvgIpc) is 2.61. The third-order valence-corrected chi connectivity index (χ3v) is 5.58. The van der Waals surface area contributed by atoms with Crippen molar-refractivity contribution in [3.63, 3.8) is 0 Å². The van der Waals surface area contributed by atoms with Gasteiger partial charge < -0.3 is 5.32 Å². The van der Waals surface area contributed by atoms with E-state index < -0.39 is 0 Å². The van der Waals surface area contributed by atoms with Crippen LogP contribution in [0.3, 0.4) is 0 Å². The number of amides is 1. The molecule has 4 nitrogen and oxygen atoms in total. The normalized spacial score (nSPS) is 15.7. The molecule has 0 unspecified atom stereocenters. The Morgan fingerprint density at radius 1 is 0.852 bits per heavy atom. The van der Waals surface area contributed by atoms with Gasteiger partial charge in [-0.2, -0.15) is 0 Å². The topological polar surface area (TPSA) is 35.6 Å². The van der Waals surface area contributed by atoms with Gasteiger partial charge in [0.05, 0.1) is 17.3 Å². The monoisotopic (exact) mass is 445 g/mol. The van der Waals surface area contributed by atoms with Gasteiger partial charge in [-0.05, 0) is 35.9 Å². The zero-order chi connectivity index (χ0) is 19.4. The molecule has 1 N–H and O–H groups in total. The number of benzene rings is 2. The van der Waals surface area contributed by atoms with Crippen molar-refractivity contribution in [2.45, 2.75) is 6.54 Å². The van der Waals surface area contributed by atoms with E-state index in [1.165, 1.54) is 0 Å². The van der Waals surface area contributed by atoms with Crippen LogP contribution in [0.1, 0.15) is 5.56 Å². The maximum Gasteiger partial charge on any atom is 0.238 e. The fourth-order valence-corrected chi connectivity index (χ4v) is 3.90. The first-order valence-corrected chi connectivity index (χ1v) is 10.1. The van der Waals surface area contributed by atoms with E-state index in [9.17, 15) is 4.79 Å². The first-order chi connectivity index (χ1) is 12.9.